The van der Waals surface area contributed by atoms with E-state index in [0.717, 1.165) is 16.3 Å². The fourth-order valence-corrected chi connectivity index (χ4v) is 3.33. The third kappa shape index (κ3) is 4.04. The molecule has 0 aliphatic rings. The van der Waals surface area contributed by atoms with Crippen LogP contribution in [0.25, 0.3) is 21.7 Å². The van der Waals surface area contributed by atoms with Crippen molar-refractivity contribution in [2.24, 2.45) is 0 Å². The molecule has 152 valence electrons. The molecule has 0 unspecified atom stereocenters. The van der Waals surface area contributed by atoms with Crippen LogP contribution in [0.4, 0.5) is 0 Å². The number of nitrogens with one attached hydrogen (secondary N) is 1. The second-order valence-corrected chi connectivity index (χ2v) is 7.02. The number of aliphatic hydroxyl groups is 1. The van der Waals surface area contributed by atoms with Gasteiger partial charge >= 0.3 is 5.63 Å². The lowest BCUT2D eigenvalue weighted by Gasteiger charge is -2.17. The summed E-state index contributed by atoms with van der Waals surface area (Å²) in [7, 11) is 0. The van der Waals surface area contributed by atoms with Crippen LogP contribution in [-0.4, -0.2) is 23.7 Å². The first-order valence-corrected chi connectivity index (χ1v) is 9.66. The van der Waals surface area contributed by atoms with Gasteiger partial charge in [0.1, 0.15) is 11.3 Å². The number of benzene rings is 3. The minimum atomic E-state index is -0.800. The Kier molecular flexibility index (Phi) is 5.50. The predicted octanol–water partition coefficient (Wildman–Crippen LogP) is 3.56. The lowest BCUT2D eigenvalue weighted by molar-refractivity contribution is -0.127. The summed E-state index contributed by atoms with van der Waals surface area (Å²) in [6.07, 6.45) is -1.59. The van der Waals surface area contributed by atoms with Gasteiger partial charge in [-0.25, -0.2) is 4.79 Å². The molecule has 0 radical (unpaired) electrons. The highest BCUT2D eigenvalue weighted by Gasteiger charge is 2.17. The first-order valence-electron chi connectivity index (χ1n) is 9.66. The first-order chi connectivity index (χ1) is 14.5. The van der Waals surface area contributed by atoms with Crippen molar-refractivity contribution in [1.82, 2.24) is 5.32 Å². The van der Waals surface area contributed by atoms with Crippen LogP contribution in [0, 0.1) is 0 Å². The molecule has 0 aliphatic heterocycles. The molecule has 4 aromatic rings. The Labute approximate surface area is 172 Å². The largest absolute Gasteiger partial charge is 0.481 e. The van der Waals surface area contributed by atoms with Gasteiger partial charge < -0.3 is 19.6 Å². The zero-order valence-electron chi connectivity index (χ0n) is 16.4. The average Bonchev–Trinajstić information content (AvgIpc) is 2.78. The SMILES string of the molecule is C[C@H](Oc1ccc2c(c1)oc(=O)c1ccccc12)C(=O)NC[C@H](O)c1ccccc1. The van der Waals surface area contributed by atoms with Gasteiger partial charge in [0.05, 0.1) is 11.5 Å². The maximum atomic E-state index is 12.4. The van der Waals surface area contributed by atoms with E-state index in [-0.39, 0.29) is 12.5 Å². The fourth-order valence-electron chi connectivity index (χ4n) is 3.33. The maximum Gasteiger partial charge on any atom is 0.344 e. The molecule has 30 heavy (non-hydrogen) atoms. The zero-order chi connectivity index (χ0) is 21.1. The van der Waals surface area contributed by atoms with Gasteiger partial charge in [-0.15, -0.1) is 0 Å². The number of hydrogen-bond donors (Lipinski definition) is 2. The Morgan fingerprint density at radius 3 is 2.47 bits per heavy atom. The highest BCUT2D eigenvalue weighted by Crippen LogP contribution is 2.26. The molecule has 1 heterocycles. The summed E-state index contributed by atoms with van der Waals surface area (Å²) in [6, 6.07) is 21.5. The third-order valence-electron chi connectivity index (χ3n) is 4.93. The Balaban J connectivity index is 1.46. The smallest absolute Gasteiger partial charge is 0.344 e. The van der Waals surface area contributed by atoms with Crippen LogP contribution in [0.3, 0.4) is 0 Å². The van der Waals surface area contributed by atoms with Crippen molar-refractivity contribution in [3.05, 3.63) is 88.8 Å². The molecule has 6 heteroatoms. The number of carbonyl (C=O) groups excluding carboxylic acids is 1. The van der Waals surface area contributed by atoms with Crippen molar-refractivity contribution >= 4 is 27.6 Å². The van der Waals surface area contributed by atoms with E-state index < -0.39 is 17.8 Å². The second-order valence-electron chi connectivity index (χ2n) is 7.02. The van der Waals surface area contributed by atoms with E-state index in [9.17, 15) is 14.7 Å². The summed E-state index contributed by atoms with van der Waals surface area (Å²) in [6.45, 7) is 1.69. The van der Waals surface area contributed by atoms with Crippen LogP contribution in [0.15, 0.2) is 82.0 Å². The summed E-state index contributed by atoms with van der Waals surface area (Å²) < 4.78 is 11.1. The van der Waals surface area contributed by atoms with Crippen molar-refractivity contribution in [2.75, 3.05) is 6.54 Å². The van der Waals surface area contributed by atoms with E-state index in [2.05, 4.69) is 5.32 Å². The quantitative estimate of drug-likeness (QED) is 0.380. The molecule has 0 aliphatic carbocycles. The lowest BCUT2D eigenvalue weighted by atomic mass is 10.1. The Morgan fingerprint density at radius 2 is 1.70 bits per heavy atom. The Hall–Kier alpha value is -3.64. The summed E-state index contributed by atoms with van der Waals surface area (Å²) >= 11 is 0. The van der Waals surface area contributed by atoms with Crippen LogP contribution in [0.2, 0.25) is 0 Å². The highest BCUT2D eigenvalue weighted by molar-refractivity contribution is 6.04. The molecule has 0 spiro atoms. The van der Waals surface area contributed by atoms with Crippen molar-refractivity contribution < 1.29 is 19.1 Å². The van der Waals surface area contributed by atoms with Crippen LogP contribution >= 0.6 is 0 Å². The summed E-state index contributed by atoms with van der Waals surface area (Å²) in [5.41, 5.74) is 0.697. The predicted molar refractivity (Wildman–Crippen MR) is 114 cm³/mol. The van der Waals surface area contributed by atoms with Gasteiger partial charge in [0.15, 0.2) is 6.10 Å². The van der Waals surface area contributed by atoms with Crippen LogP contribution in [0.1, 0.15) is 18.6 Å². The summed E-state index contributed by atoms with van der Waals surface area (Å²) in [5.74, 6) is 0.0530. The lowest BCUT2D eigenvalue weighted by Crippen LogP contribution is -2.38. The monoisotopic (exact) mass is 403 g/mol. The number of hydrogen-bond acceptors (Lipinski definition) is 5. The van der Waals surface area contributed by atoms with E-state index >= 15 is 0 Å². The number of carbonyl (C=O) groups is 1. The molecule has 4 rings (SSSR count). The maximum absolute atomic E-state index is 12.4. The fraction of sp³-hybridized carbons (Fsp3) is 0.167. The number of rotatable bonds is 6. The number of ether oxygens (including phenoxy) is 1. The highest BCUT2D eigenvalue weighted by atomic mass is 16.5. The van der Waals surface area contributed by atoms with E-state index in [1.54, 1.807) is 49.4 Å². The van der Waals surface area contributed by atoms with Crippen molar-refractivity contribution in [1.29, 1.82) is 0 Å². The molecule has 3 aromatic carbocycles. The van der Waals surface area contributed by atoms with Crippen molar-refractivity contribution in [2.45, 2.75) is 19.1 Å². The minimum Gasteiger partial charge on any atom is -0.481 e. The van der Waals surface area contributed by atoms with Crippen LogP contribution in [0.5, 0.6) is 5.75 Å². The molecule has 6 nitrogen and oxygen atoms in total. The van der Waals surface area contributed by atoms with Crippen LogP contribution < -0.4 is 15.7 Å². The first kappa shape index (κ1) is 19.7. The molecule has 0 saturated carbocycles. The Morgan fingerprint density at radius 1 is 1.00 bits per heavy atom. The molecular weight excluding hydrogens is 382 g/mol. The molecule has 0 fully saturated rings. The van der Waals surface area contributed by atoms with Gasteiger partial charge in [-0.3, -0.25) is 4.79 Å². The number of aliphatic hydroxyl groups excluding tert-OH is 1. The van der Waals surface area contributed by atoms with Gasteiger partial charge in [-0.1, -0.05) is 48.5 Å². The summed E-state index contributed by atoms with van der Waals surface area (Å²) in [4.78, 5) is 24.6. The van der Waals surface area contributed by atoms with E-state index in [4.69, 9.17) is 9.15 Å². The Bertz CT molecular complexity index is 1250. The number of fused-ring (bicyclic) bond motifs is 3. The van der Waals surface area contributed by atoms with Gasteiger partial charge in [0, 0.05) is 18.0 Å². The molecule has 0 bridgehead atoms. The molecule has 1 amide bonds. The number of amides is 1. The van der Waals surface area contributed by atoms with Gasteiger partial charge in [-0.05, 0) is 36.1 Å². The topological polar surface area (TPSA) is 88.8 Å². The van der Waals surface area contributed by atoms with Crippen molar-refractivity contribution in [3.63, 3.8) is 0 Å². The van der Waals surface area contributed by atoms with Gasteiger partial charge in [-0.2, -0.15) is 0 Å². The van der Waals surface area contributed by atoms with E-state index in [0.29, 0.717) is 16.7 Å². The average molecular weight is 403 g/mol. The van der Waals surface area contributed by atoms with Crippen LogP contribution in [-0.2, 0) is 4.79 Å². The standard InChI is InChI=1S/C24H21NO5/c1-15(23(27)25-14-21(26)16-7-3-2-4-8-16)29-17-11-12-19-18-9-5-6-10-20(18)24(28)30-22(19)13-17/h2-13,15,21,26H,14H2,1H3,(H,25,27)/t15-,21-/m0/s1. The van der Waals surface area contributed by atoms with Crippen molar-refractivity contribution in [3.8, 4) is 5.75 Å². The van der Waals surface area contributed by atoms with Gasteiger partial charge in [0.2, 0.25) is 0 Å². The molecule has 0 saturated heterocycles. The molecule has 1 aromatic heterocycles. The van der Waals surface area contributed by atoms with Gasteiger partial charge in [0.25, 0.3) is 5.91 Å². The summed E-state index contributed by atoms with van der Waals surface area (Å²) in [5, 5.41) is 15.0. The normalized spacial score (nSPS) is 13.1. The van der Waals surface area contributed by atoms with E-state index in [1.807, 2.05) is 30.3 Å². The molecular formula is C24H21NO5. The minimum absolute atomic E-state index is 0.0785. The second kappa shape index (κ2) is 8.39. The molecule has 2 atom stereocenters. The van der Waals surface area contributed by atoms with E-state index in [1.165, 1.54) is 0 Å². The zero-order valence-corrected chi connectivity index (χ0v) is 16.4. The molecule has 2 N–H and O–H groups in total. The third-order valence-corrected chi connectivity index (χ3v) is 4.93.